The van der Waals surface area contributed by atoms with Crippen LogP contribution in [-0.2, 0) is 4.79 Å². The highest BCUT2D eigenvalue weighted by molar-refractivity contribution is 5.48. The average Bonchev–Trinajstić information content (AvgIpc) is 2.05. The summed E-state index contributed by atoms with van der Waals surface area (Å²) in [6, 6.07) is -0.168. The third-order valence-corrected chi connectivity index (χ3v) is 1.43. The van der Waals surface area contributed by atoms with E-state index in [2.05, 4.69) is 5.32 Å². The molecular formula is C10H14FNO. The Labute approximate surface area is 77.8 Å². The molecule has 0 aromatic heterocycles. The molecule has 0 fully saturated rings. The fourth-order valence-corrected chi connectivity index (χ4v) is 0.883. The molecule has 0 aromatic carbocycles. The molecule has 0 aromatic rings. The molecule has 0 aliphatic carbocycles. The SMILES string of the molecule is C/C=C\C(C=C(C)/C=C/F)NC=O. The third-order valence-electron chi connectivity index (χ3n) is 1.43. The van der Waals surface area contributed by atoms with E-state index in [-0.39, 0.29) is 6.04 Å². The van der Waals surface area contributed by atoms with Crippen molar-refractivity contribution in [1.29, 1.82) is 0 Å². The molecule has 1 atom stereocenters. The van der Waals surface area contributed by atoms with E-state index in [1.165, 1.54) is 6.08 Å². The van der Waals surface area contributed by atoms with Crippen molar-refractivity contribution in [3.8, 4) is 0 Å². The number of hydrogen-bond donors (Lipinski definition) is 1. The summed E-state index contributed by atoms with van der Waals surface area (Å²) in [6.45, 7) is 3.62. The molecule has 0 aliphatic rings. The molecule has 1 N–H and O–H groups in total. The van der Waals surface area contributed by atoms with Crippen LogP contribution in [0.5, 0.6) is 0 Å². The van der Waals surface area contributed by atoms with Crippen LogP contribution in [0.3, 0.4) is 0 Å². The van der Waals surface area contributed by atoms with Gasteiger partial charge in [0.2, 0.25) is 6.41 Å². The molecule has 0 radical (unpaired) electrons. The average molecular weight is 183 g/mol. The van der Waals surface area contributed by atoms with Gasteiger partial charge in [-0.1, -0.05) is 23.8 Å². The Balaban J connectivity index is 4.37. The van der Waals surface area contributed by atoms with E-state index in [0.29, 0.717) is 12.7 Å². The van der Waals surface area contributed by atoms with Crippen molar-refractivity contribution in [2.24, 2.45) is 0 Å². The highest BCUT2D eigenvalue weighted by Gasteiger charge is 1.96. The zero-order valence-corrected chi connectivity index (χ0v) is 7.83. The topological polar surface area (TPSA) is 29.1 Å². The minimum absolute atomic E-state index is 0.168. The maximum absolute atomic E-state index is 11.7. The highest BCUT2D eigenvalue weighted by Crippen LogP contribution is 1.99. The zero-order chi connectivity index (χ0) is 10.1. The van der Waals surface area contributed by atoms with Gasteiger partial charge in [0, 0.05) is 0 Å². The zero-order valence-electron chi connectivity index (χ0n) is 7.83. The number of nitrogens with one attached hydrogen (secondary N) is 1. The lowest BCUT2D eigenvalue weighted by Gasteiger charge is -2.05. The summed E-state index contributed by atoms with van der Waals surface area (Å²) in [7, 11) is 0. The van der Waals surface area contributed by atoms with Crippen LogP contribution in [0, 0.1) is 0 Å². The molecule has 0 heterocycles. The van der Waals surface area contributed by atoms with Gasteiger partial charge in [-0.25, -0.2) is 4.39 Å². The molecular weight excluding hydrogens is 169 g/mol. The predicted molar refractivity (Wildman–Crippen MR) is 51.8 cm³/mol. The van der Waals surface area contributed by atoms with Crippen molar-refractivity contribution in [1.82, 2.24) is 5.32 Å². The Kier molecular flexibility index (Phi) is 6.51. The number of carbonyl (C=O) groups is 1. The minimum Gasteiger partial charge on any atom is -0.349 e. The van der Waals surface area contributed by atoms with E-state index >= 15 is 0 Å². The second-order valence-corrected chi connectivity index (χ2v) is 2.54. The van der Waals surface area contributed by atoms with E-state index < -0.39 is 0 Å². The number of halogens is 1. The molecule has 3 heteroatoms. The van der Waals surface area contributed by atoms with Crippen LogP contribution in [0.1, 0.15) is 13.8 Å². The first-order valence-corrected chi connectivity index (χ1v) is 4.02. The van der Waals surface area contributed by atoms with Gasteiger partial charge in [-0.2, -0.15) is 0 Å². The fourth-order valence-electron chi connectivity index (χ4n) is 0.883. The van der Waals surface area contributed by atoms with Crippen molar-refractivity contribution in [3.63, 3.8) is 0 Å². The van der Waals surface area contributed by atoms with Gasteiger partial charge in [-0.3, -0.25) is 4.79 Å². The van der Waals surface area contributed by atoms with E-state index in [1.54, 1.807) is 13.0 Å². The van der Waals surface area contributed by atoms with E-state index in [1.807, 2.05) is 19.1 Å². The normalized spacial score (nSPS) is 15.2. The highest BCUT2D eigenvalue weighted by atomic mass is 19.1. The Bertz CT molecular complexity index is 231. The Hall–Kier alpha value is -1.38. The van der Waals surface area contributed by atoms with Crippen molar-refractivity contribution < 1.29 is 9.18 Å². The van der Waals surface area contributed by atoms with Crippen molar-refractivity contribution in [2.45, 2.75) is 19.9 Å². The lowest BCUT2D eigenvalue weighted by atomic mass is 10.2. The largest absolute Gasteiger partial charge is 0.349 e. The molecule has 13 heavy (non-hydrogen) atoms. The Morgan fingerprint density at radius 1 is 1.54 bits per heavy atom. The summed E-state index contributed by atoms with van der Waals surface area (Å²) in [5, 5.41) is 2.57. The van der Waals surface area contributed by atoms with E-state index in [4.69, 9.17) is 0 Å². The number of amides is 1. The molecule has 0 saturated carbocycles. The molecule has 0 aliphatic heterocycles. The lowest BCUT2D eigenvalue weighted by Crippen LogP contribution is -2.23. The van der Waals surface area contributed by atoms with Gasteiger partial charge in [-0.15, -0.1) is 0 Å². The van der Waals surface area contributed by atoms with Crippen molar-refractivity contribution in [3.05, 3.63) is 36.2 Å². The van der Waals surface area contributed by atoms with E-state index in [9.17, 15) is 9.18 Å². The molecule has 2 nitrogen and oxygen atoms in total. The van der Waals surface area contributed by atoms with Crippen LogP contribution in [0.4, 0.5) is 4.39 Å². The molecule has 0 saturated heterocycles. The molecule has 0 rings (SSSR count). The van der Waals surface area contributed by atoms with Gasteiger partial charge in [-0.05, 0) is 19.9 Å². The summed E-state index contributed by atoms with van der Waals surface area (Å²) in [5.74, 6) is 0. The summed E-state index contributed by atoms with van der Waals surface area (Å²) in [5.41, 5.74) is 0.764. The quantitative estimate of drug-likeness (QED) is 0.395. The van der Waals surface area contributed by atoms with Crippen LogP contribution in [-0.4, -0.2) is 12.5 Å². The summed E-state index contributed by atoms with van der Waals surface area (Å²) in [6.07, 6.45) is 7.81. The van der Waals surface area contributed by atoms with Crippen molar-refractivity contribution in [2.75, 3.05) is 0 Å². The maximum Gasteiger partial charge on any atom is 0.207 e. The second kappa shape index (κ2) is 7.28. The smallest absolute Gasteiger partial charge is 0.207 e. The van der Waals surface area contributed by atoms with E-state index in [0.717, 1.165) is 5.57 Å². The lowest BCUT2D eigenvalue weighted by molar-refractivity contribution is -0.109. The fraction of sp³-hybridized carbons (Fsp3) is 0.300. The standard InChI is InChI=1S/C10H14FNO/c1-3-4-10(12-8-13)7-9(2)5-6-11/h3-8,10H,1-2H3,(H,12,13)/b4-3-,6-5+,9-7?. The molecule has 1 unspecified atom stereocenters. The molecule has 1 amide bonds. The van der Waals surface area contributed by atoms with Gasteiger partial charge in [0.05, 0.1) is 12.4 Å². The number of allylic oxidation sites excluding steroid dienone is 3. The van der Waals surface area contributed by atoms with Gasteiger partial charge >= 0.3 is 0 Å². The second-order valence-electron chi connectivity index (χ2n) is 2.54. The monoisotopic (exact) mass is 183 g/mol. The first-order chi connectivity index (χ1) is 6.24. The summed E-state index contributed by atoms with van der Waals surface area (Å²) < 4.78 is 11.7. The van der Waals surface area contributed by atoms with Crippen molar-refractivity contribution >= 4 is 6.41 Å². The molecule has 0 bridgehead atoms. The first-order valence-electron chi connectivity index (χ1n) is 4.02. The van der Waals surface area contributed by atoms with Crippen LogP contribution >= 0.6 is 0 Å². The van der Waals surface area contributed by atoms with Gasteiger partial charge in [0.25, 0.3) is 0 Å². The van der Waals surface area contributed by atoms with Gasteiger partial charge in [0.1, 0.15) is 0 Å². The van der Waals surface area contributed by atoms with Gasteiger partial charge < -0.3 is 5.32 Å². The van der Waals surface area contributed by atoms with Crippen LogP contribution in [0.2, 0.25) is 0 Å². The summed E-state index contributed by atoms with van der Waals surface area (Å²) >= 11 is 0. The van der Waals surface area contributed by atoms with Crippen LogP contribution in [0.25, 0.3) is 0 Å². The van der Waals surface area contributed by atoms with Gasteiger partial charge in [0.15, 0.2) is 0 Å². The first kappa shape index (κ1) is 11.6. The minimum atomic E-state index is -0.168. The van der Waals surface area contributed by atoms with Crippen LogP contribution in [0.15, 0.2) is 36.2 Å². The Morgan fingerprint density at radius 3 is 2.69 bits per heavy atom. The third kappa shape index (κ3) is 5.84. The number of hydrogen-bond acceptors (Lipinski definition) is 1. The Morgan fingerprint density at radius 2 is 2.23 bits per heavy atom. The maximum atomic E-state index is 11.7. The number of rotatable bonds is 5. The molecule has 0 spiro atoms. The summed E-state index contributed by atoms with van der Waals surface area (Å²) in [4.78, 5) is 10.2. The number of carbonyl (C=O) groups excluding carboxylic acids is 1. The molecule has 72 valence electrons. The van der Waals surface area contributed by atoms with Crippen LogP contribution < -0.4 is 5.32 Å². The predicted octanol–water partition coefficient (Wildman–Crippen LogP) is 2.11.